The van der Waals surface area contributed by atoms with Crippen LogP contribution >= 0.6 is 0 Å². The van der Waals surface area contributed by atoms with Crippen LogP contribution in [0.25, 0.3) is 11.3 Å². The van der Waals surface area contributed by atoms with Gasteiger partial charge in [0.1, 0.15) is 22.7 Å². The van der Waals surface area contributed by atoms with Gasteiger partial charge >= 0.3 is 0 Å². The average Bonchev–Trinajstić information content (AvgIpc) is 3.25. The van der Waals surface area contributed by atoms with E-state index in [0.717, 1.165) is 30.5 Å². The van der Waals surface area contributed by atoms with Gasteiger partial charge in [0.15, 0.2) is 0 Å². The Hall–Kier alpha value is -3.59. The van der Waals surface area contributed by atoms with Crippen molar-refractivity contribution in [3.63, 3.8) is 0 Å². The fourth-order valence-corrected chi connectivity index (χ4v) is 4.50. The van der Waals surface area contributed by atoms with Crippen LogP contribution in [0, 0.1) is 0 Å². The number of alkyl halides is 1. The van der Waals surface area contributed by atoms with E-state index in [2.05, 4.69) is 20.6 Å². The van der Waals surface area contributed by atoms with Gasteiger partial charge in [-0.1, -0.05) is 31.4 Å². The van der Waals surface area contributed by atoms with Crippen LogP contribution in [0.4, 0.5) is 4.39 Å². The van der Waals surface area contributed by atoms with Gasteiger partial charge in [-0.2, -0.15) is 0 Å². The minimum atomic E-state index is -1.09. The van der Waals surface area contributed by atoms with E-state index in [4.69, 9.17) is 0 Å². The van der Waals surface area contributed by atoms with Crippen molar-refractivity contribution in [1.82, 2.24) is 29.4 Å². The molecule has 8 nitrogen and oxygen atoms in total. The van der Waals surface area contributed by atoms with Gasteiger partial charge in [-0.25, -0.2) is 14.4 Å². The van der Waals surface area contributed by atoms with Crippen LogP contribution in [0.15, 0.2) is 59.8 Å². The molecule has 9 heteroatoms. The average molecular weight is 463 g/mol. The summed E-state index contributed by atoms with van der Waals surface area (Å²) in [7, 11) is 0. The maximum absolute atomic E-state index is 14.8. The fourth-order valence-electron chi connectivity index (χ4n) is 4.50. The monoisotopic (exact) mass is 462 g/mol. The second-order valence-corrected chi connectivity index (χ2v) is 8.94. The number of carbonyl (C=O) groups excluding carboxylic acids is 1. The predicted molar refractivity (Wildman–Crippen MR) is 126 cm³/mol. The maximum atomic E-state index is 14.8. The SMILES string of the molecule is O=C(NCc1cn2cc(CNCC3(F)CCCCC3)ccc2n1)c1cc(=O)n2ccccc2n1. The van der Waals surface area contributed by atoms with Crippen LogP contribution in [0.2, 0.25) is 0 Å². The standard InChI is InChI=1S/C25H27FN6O2/c26-25(9-3-1-4-10-25)17-27-13-18-7-8-21-29-19(16-31(21)15-18)14-28-24(34)20-12-23(33)32-11-5-2-6-22(32)30-20/h2,5-8,11-12,15-16,27H,1,3-4,9-10,13-14,17H2,(H,28,34). The highest BCUT2D eigenvalue weighted by Crippen LogP contribution is 2.31. The maximum Gasteiger partial charge on any atom is 0.270 e. The molecule has 0 aliphatic heterocycles. The summed E-state index contributed by atoms with van der Waals surface area (Å²) in [4.78, 5) is 33.6. The van der Waals surface area contributed by atoms with E-state index in [9.17, 15) is 14.0 Å². The first-order valence-electron chi connectivity index (χ1n) is 11.6. The Bertz CT molecular complexity index is 1390. The summed E-state index contributed by atoms with van der Waals surface area (Å²) < 4.78 is 18.0. The van der Waals surface area contributed by atoms with Crippen LogP contribution in [0.1, 0.15) is 53.8 Å². The van der Waals surface area contributed by atoms with Gasteiger partial charge in [0.25, 0.3) is 11.5 Å². The van der Waals surface area contributed by atoms with Crippen molar-refractivity contribution in [2.45, 2.75) is 50.9 Å². The van der Waals surface area contributed by atoms with Crippen molar-refractivity contribution in [2.75, 3.05) is 6.54 Å². The highest BCUT2D eigenvalue weighted by Gasteiger charge is 2.30. The zero-order chi connectivity index (χ0) is 23.5. The highest BCUT2D eigenvalue weighted by molar-refractivity contribution is 5.92. The molecule has 1 amide bonds. The van der Waals surface area contributed by atoms with Crippen molar-refractivity contribution in [1.29, 1.82) is 0 Å². The van der Waals surface area contributed by atoms with Crippen molar-refractivity contribution >= 4 is 17.2 Å². The van der Waals surface area contributed by atoms with E-state index >= 15 is 0 Å². The molecular weight excluding hydrogens is 435 g/mol. The molecule has 0 atom stereocenters. The van der Waals surface area contributed by atoms with Gasteiger partial charge in [-0.15, -0.1) is 0 Å². The molecule has 5 rings (SSSR count). The number of amides is 1. The molecule has 0 saturated heterocycles. The Kier molecular flexibility index (Phi) is 6.10. The molecule has 4 aromatic rings. The minimum Gasteiger partial charge on any atom is -0.345 e. The van der Waals surface area contributed by atoms with Gasteiger partial charge in [-0.3, -0.25) is 14.0 Å². The highest BCUT2D eigenvalue weighted by atomic mass is 19.1. The van der Waals surface area contributed by atoms with Crippen LogP contribution in [-0.4, -0.2) is 36.9 Å². The summed E-state index contributed by atoms with van der Waals surface area (Å²) in [6.45, 7) is 1.15. The third kappa shape index (κ3) is 4.84. The number of fused-ring (bicyclic) bond motifs is 2. The zero-order valence-electron chi connectivity index (χ0n) is 18.8. The first kappa shape index (κ1) is 22.2. The topological polar surface area (TPSA) is 92.8 Å². The number of nitrogens with zero attached hydrogens (tertiary/aromatic N) is 4. The number of rotatable bonds is 7. The lowest BCUT2D eigenvalue weighted by atomic mass is 9.86. The number of carbonyl (C=O) groups is 1. The molecule has 176 valence electrons. The Morgan fingerprint density at radius 1 is 1.03 bits per heavy atom. The van der Waals surface area contributed by atoms with E-state index in [1.807, 2.05) is 28.9 Å². The molecule has 1 saturated carbocycles. The third-order valence-corrected chi connectivity index (χ3v) is 6.32. The summed E-state index contributed by atoms with van der Waals surface area (Å²) in [6.07, 6.45) is 9.75. The zero-order valence-corrected chi connectivity index (χ0v) is 18.8. The first-order chi connectivity index (χ1) is 16.5. The molecule has 0 unspecified atom stereocenters. The third-order valence-electron chi connectivity index (χ3n) is 6.32. The summed E-state index contributed by atoms with van der Waals surface area (Å²) >= 11 is 0. The lowest BCUT2D eigenvalue weighted by Crippen LogP contribution is -2.38. The first-order valence-corrected chi connectivity index (χ1v) is 11.6. The molecule has 0 radical (unpaired) electrons. The normalized spacial score (nSPS) is 15.6. The number of hydrogen-bond donors (Lipinski definition) is 2. The Balaban J connectivity index is 1.21. The van der Waals surface area contributed by atoms with Crippen molar-refractivity contribution in [3.8, 4) is 0 Å². The number of halogens is 1. The van der Waals surface area contributed by atoms with Crippen LogP contribution in [0.3, 0.4) is 0 Å². The van der Waals surface area contributed by atoms with E-state index in [-0.39, 0.29) is 17.8 Å². The Morgan fingerprint density at radius 2 is 1.88 bits per heavy atom. The molecule has 4 heterocycles. The van der Waals surface area contributed by atoms with E-state index < -0.39 is 11.6 Å². The summed E-state index contributed by atoms with van der Waals surface area (Å²) in [6, 6.07) is 10.3. The minimum absolute atomic E-state index is 0.0666. The van der Waals surface area contributed by atoms with Gasteiger partial charge in [0.2, 0.25) is 0 Å². The smallest absolute Gasteiger partial charge is 0.270 e. The fraction of sp³-hybridized carbons (Fsp3) is 0.360. The molecule has 4 aromatic heterocycles. The van der Waals surface area contributed by atoms with E-state index in [1.165, 1.54) is 10.5 Å². The molecule has 0 aromatic carbocycles. The molecule has 1 fully saturated rings. The van der Waals surface area contributed by atoms with Crippen molar-refractivity contribution in [3.05, 3.63) is 82.3 Å². The Labute approximate surface area is 195 Å². The van der Waals surface area contributed by atoms with Crippen LogP contribution in [0.5, 0.6) is 0 Å². The molecule has 1 aliphatic rings. The molecular formula is C25H27FN6O2. The summed E-state index contributed by atoms with van der Waals surface area (Å²) in [5.41, 5.74) is 1.54. The Morgan fingerprint density at radius 3 is 2.74 bits per heavy atom. The van der Waals surface area contributed by atoms with Gasteiger partial charge < -0.3 is 15.0 Å². The second-order valence-electron chi connectivity index (χ2n) is 8.94. The second kappa shape index (κ2) is 9.34. The summed E-state index contributed by atoms with van der Waals surface area (Å²) in [5.74, 6) is -0.437. The van der Waals surface area contributed by atoms with Crippen LogP contribution < -0.4 is 16.2 Å². The van der Waals surface area contributed by atoms with E-state index in [1.54, 1.807) is 24.4 Å². The number of hydrogen-bond acceptors (Lipinski definition) is 5. The van der Waals surface area contributed by atoms with E-state index in [0.29, 0.717) is 37.3 Å². The largest absolute Gasteiger partial charge is 0.345 e. The lowest BCUT2D eigenvalue weighted by molar-refractivity contribution is 0.0945. The quantitative estimate of drug-likeness (QED) is 0.440. The molecule has 0 spiro atoms. The van der Waals surface area contributed by atoms with Crippen molar-refractivity contribution < 1.29 is 9.18 Å². The number of pyridine rings is 2. The van der Waals surface area contributed by atoms with Crippen LogP contribution in [-0.2, 0) is 13.1 Å². The van der Waals surface area contributed by atoms with Crippen molar-refractivity contribution in [2.24, 2.45) is 0 Å². The molecule has 2 N–H and O–H groups in total. The number of nitrogens with one attached hydrogen (secondary N) is 2. The lowest BCUT2D eigenvalue weighted by Gasteiger charge is -2.29. The predicted octanol–water partition coefficient (Wildman–Crippen LogP) is 3.03. The van der Waals surface area contributed by atoms with Gasteiger partial charge in [0.05, 0.1) is 12.2 Å². The molecule has 0 bridgehead atoms. The summed E-state index contributed by atoms with van der Waals surface area (Å²) in [5, 5.41) is 6.04. The van der Waals surface area contributed by atoms with Gasteiger partial charge in [-0.05, 0) is 36.6 Å². The number of imidazole rings is 1. The molecule has 1 aliphatic carbocycles. The van der Waals surface area contributed by atoms with Gasteiger partial charge in [0, 0.05) is 37.7 Å². The number of aromatic nitrogens is 4. The molecule has 34 heavy (non-hydrogen) atoms.